The summed E-state index contributed by atoms with van der Waals surface area (Å²) >= 11 is 0. The smallest absolute Gasteiger partial charge is 0.177 e. The average Bonchev–Trinajstić information content (AvgIpc) is 2.15. The average molecular weight is 177 g/mol. The second-order valence-corrected chi connectivity index (χ2v) is 2.64. The van der Waals surface area contributed by atoms with Crippen molar-refractivity contribution in [2.75, 3.05) is 0 Å². The molecular weight excluding hydrogens is 166 g/mol. The summed E-state index contributed by atoms with van der Waals surface area (Å²) < 4.78 is 0. The molecule has 0 aliphatic heterocycles. The molecule has 1 aromatic rings. The van der Waals surface area contributed by atoms with Crippen molar-refractivity contribution in [2.24, 2.45) is 5.16 Å². The minimum atomic E-state index is -0.0871. The third-order valence-electron chi connectivity index (χ3n) is 1.54. The van der Waals surface area contributed by atoms with Gasteiger partial charge in [0, 0.05) is 6.92 Å². The Labute approximate surface area is 77.0 Å². The maximum absolute atomic E-state index is 10.8. The van der Waals surface area contributed by atoms with E-state index in [1.165, 1.54) is 6.92 Å². The fraction of sp³-hybridized carbons (Fsp3) is 0.200. The summed E-state index contributed by atoms with van der Waals surface area (Å²) in [6, 6.07) is 9.12. The van der Waals surface area contributed by atoms with Gasteiger partial charge in [0.15, 0.2) is 11.5 Å². The van der Waals surface area contributed by atoms with E-state index in [4.69, 9.17) is 4.84 Å². The maximum atomic E-state index is 10.8. The van der Waals surface area contributed by atoms with Gasteiger partial charge in [0.1, 0.15) is 5.71 Å². The zero-order chi connectivity index (χ0) is 9.68. The lowest BCUT2D eigenvalue weighted by molar-refractivity contribution is -0.111. The van der Waals surface area contributed by atoms with Gasteiger partial charge >= 0.3 is 0 Å². The van der Waals surface area contributed by atoms with Gasteiger partial charge in [-0.1, -0.05) is 23.4 Å². The molecule has 13 heavy (non-hydrogen) atoms. The van der Waals surface area contributed by atoms with Crippen LogP contribution in [0.2, 0.25) is 0 Å². The van der Waals surface area contributed by atoms with Gasteiger partial charge < -0.3 is 4.84 Å². The van der Waals surface area contributed by atoms with Gasteiger partial charge in [-0.05, 0) is 19.1 Å². The molecule has 68 valence electrons. The van der Waals surface area contributed by atoms with Gasteiger partial charge in [-0.15, -0.1) is 0 Å². The van der Waals surface area contributed by atoms with Crippen molar-refractivity contribution < 1.29 is 9.63 Å². The summed E-state index contributed by atoms with van der Waals surface area (Å²) in [4.78, 5) is 15.8. The van der Waals surface area contributed by atoms with E-state index in [0.717, 1.165) is 0 Å². The molecule has 0 aliphatic rings. The predicted molar refractivity (Wildman–Crippen MR) is 50.9 cm³/mol. The largest absolute Gasteiger partial charge is 0.357 e. The van der Waals surface area contributed by atoms with E-state index in [9.17, 15) is 4.79 Å². The number of Topliss-reactive ketones (excluding diaryl/α,β-unsaturated/α-hetero) is 1. The van der Waals surface area contributed by atoms with Crippen LogP contribution in [0.3, 0.4) is 0 Å². The molecule has 0 fully saturated rings. The molecule has 1 aromatic carbocycles. The number of hydrogen-bond acceptors (Lipinski definition) is 3. The molecule has 0 aromatic heterocycles. The summed E-state index contributed by atoms with van der Waals surface area (Å²) in [5, 5.41) is 3.66. The predicted octanol–water partition coefficient (Wildman–Crippen LogP) is 2.03. The molecule has 1 rings (SSSR count). The van der Waals surface area contributed by atoms with Crippen molar-refractivity contribution in [3.63, 3.8) is 0 Å². The second kappa shape index (κ2) is 4.40. The number of ketones is 1. The van der Waals surface area contributed by atoms with Gasteiger partial charge in [0.25, 0.3) is 0 Å². The SMILES string of the molecule is CC(=O)C(C)=NOc1ccccc1. The van der Waals surface area contributed by atoms with Gasteiger partial charge in [-0.3, -0.25) is 4.79 Å². The first-order valence-corrected chi connectivity index (χ1v) is 3.98. The number of rotatable bonds is 3. The van der Waals surface area contributed by atoms with Crippen molar-refractivity contribution in [3.05, 3.63) is 30.3 Å². The highest BCUT2D eigenvalue weighted by Gasteiger charge is 1.97. The van der Waals surface area contributed by atoms with E-state index in [1.54, 1.807) is 19.1 Å². The van der Waals surface area contributed by atoms with Crippen molar-refractivity contribution in [3.8, 4) is 5.75 Å². The maximum Gasteiger partial charge on any atom is 0.177 e. The van der Waals surface area contributed by atoms with Crippen LogP contribution in [-0.4, -0.2) is 11.5 Å². The quantitative estimate of drug-likeness (QED) is 0.523. The molecule has 0 spiro atoms. The number of benzene rings is 1. The van der Waals surface area contributed by atoms with E-state index in [1.807, 2.05) is 18.2 Å². The second-order valence-electron chi connectivity index (χ2n) is 2.64. The highest BCUT2D eigenvalue weighted by atomic mass is 16.6. The molecule has 0 unspecified atom stereocenters. The Morgan fingerprint density at radius 2 is 1.85 bits per heavy atom. The summed E-state index contributed by atoms with van der Waals surface area (Å²) in [7, 11) is 0. The zero-order valence-corrected chi connectivity index (χ0v) is 7.65. The number of carbonyl (C=O) groups excluding carboxylic acids is 1. The van der Waals surface area contributed by atoms with Crippen molar-refractivity contribution in [1.82, 2.24) is 0 Å². The van der Waals surface area contributed by atoms with E-state index in [-0.39, 0.29) is 5.78 Å². The van der Waals surface area contributed by atoms with Gasteiger partial charge in [-0.25, -0.2) is 0 Å². The first-order chi connectivity index (χ1) is 6.20. The number of nitrogens with zero attached hydrogens (tertiary/aromatic N) is 1. The number of hydrogen-bond donors (Lipinski definition) is 0. The Kier molecular flexibility index (Phi) is 3.20. The van der Waals surface area contributed by atoms with Crippen LogP contribution in [0.5, 0.6) is 5.75 Å². The van der Waals surface area contributed by atoms with Crippen LogP contribution in [0, 0.1) is 0 Å². The van der Waals surface area contributed by atoms with Crippen LogP contribution >= 0.6 is 0 Å². The minimum absolute atomic E-state index is 0.0871. The molecule has 0 heterocycles. The lowest BCUT2D eigenvalue weighted by atomic mass is 10.3. The van der Waals surface area contributed by atoms with Crippen LogP contribution in [0.25, 0.3) is 0 Å². The molecule has 0 radical (unpaired) electrons. The van der Waals surface area contributed by atoms with Gasteiger partial charge in [-0.2, -0.15) is 0 Å². The van der Waals surface area contributed by atoms with Crippen LogP contribution in [0.4, 0.5) is 0 Å². The molecule has 0 bridgehead atoms. The van der Waals surface area contributed by atoms with Crippen LogP contribution in [-0.2, 0) is 4.79 Å². The normalized spacial score (nSPS) is 11.1. The Morgan fingerprint density at radius 3 is 2.38 bits per heavy atom. The molecule has 0 atom stereocenters. The van der Waals surface area contributed by atoms with E-state index in [2.05, 4.69) is 5.16 Å². The summed E-state index contributed by atoms with van der Waals surface area (Å²) in [5.74, 6) is 0.541. The highest BCUT2D eigenvalue weighted by Crippen LogP contribution is 2.08. The molecule has 3 heteroatoms. The third-order valence-corrected chi connectivity index (χ3v) is 1.54. The van der Waals surface area contributed by atoms with Gasteiger partial charge in [0.2, 0.25) is 0 Å². The Bertz CT molecular complexity index is 317. The molecular formula is C10H11NO2. The Hall–Kier alpha value is -1.64. The first-order valence-electron chi connectivity index (χ1n) is 3.98. The Balaban J connectivity index is 2.62. The third kappa shape index (κ3) is 3.07. The van der Waals surface area contributed by atoms with E-state index >= 15 is 0 Å². The lowest BCUT2D eigenvalue weighted by Crippen LogP contribution is -2.05. The molecule has 0 amide bonds. The molecule has 0 N–H and O–H groups in total. The highest BCUT2D eigenvalue weighted by molar-refractivity contribution is 6.37. The topological polar surface area (TPSA) is 38.7 Å². The Morgan fingerprint density at radius 1 is 1.23 bits per heavy atom. The lowest BCUT2D eigenvalue weighted by Gasteiger charge is -1.97. The van der Waals surface area contributed by atoms with E-state index in [0.29, 0.717) is 11.5 Å². The van der Waals surface area contributed by atoms with E-state index < -0.39 is 0 Å². The molecule has 0 saturated carbocycles. The molecule has 0 saturated heterocycles. The fourth-order valence-corrected chi connectivity index (χ4v) is 0.667. The van der Waals surface area contributed by atoms with Crippen molar-refractivity contribution in [1.29, 1.82) is 0 Å². The summed E-state index contributed by atoms with van der Waals surface area (Å²) in [6.07, 6.45) is 0. The van der Waals surface area contributed by atoms with Crippen LogP contribution in [0.15, 0.2) is 35.5 Å². The minimum Gasteiger partial charge on any atom is -0.357 e. The van der Waals surface area contributed by atoms with Gasteiger partial charge in [0.05, 0.1) is 0 Å². The number of para-hydroxylation sites is 1. The summed E-state index contributed by atoms with van der Waals surface area (Å²) in [5.41, 5.74) is 0.365. The summed E-state index contributed by atoms with van der Waals surface area (Å²) in [6.45, 7) is 3.07. The standard InChI is InChI=1S/C10H11NO2/c1-8(9(2)12)11-13-10-6-4-3-5-7-10/h3-7H,1-2H3. The fourth-order valence-electron chi connectivity index (χ4n) is 0.667. The number of oxime groups is 1. The van der Waals surface area contributed by atoms with Crippen molar-refractivity contribution >= 4 is 11.5 Å². The monoisotopic (exact) mass is 177 g/mol. The number of carbonyl (C=O) groups is 1. The molecule has 0 aliphatic carbocycles. The first kappa shape index (κ1) is 9.45. The zero-order valence-electron chi connectivity index (χ0n) is 7.65. The molecule has 3 nitrogen and oxygen atoms in total. The van der Waals surface area contributed by atoms with Crippen LogP contribution < -0.4 is 4.84 Å². The van der Waals surface area contributed by atoms with Crippen molar-refractivity contribution in [2.45, 2.75) is 13.8 Å². The van der Waals surface area contributed by atoms with Crippen LogP contribution in [0.1, 0.15) is 13.8 Å².